The lowest BCUT2D eigenvalue weighted by atomic mass is 10.1. The van der Waals surface area contributed by atoms with Gasteiger partial charge in [-0.15, -0.1) is 0 Å². The zero-order valence-electron chi connectivity index (χ0n) is 10.5. The van der Waals surface area contributed by atoms with Crippen LogP contribution in [0, 0.1) is 6.08 Å². The molecule has 2 aromatic heterocycles. The summed E-state index contributed by atoms with van der Waals surface area (Å²) in [4.78, 5) is 21.0. The summed E-state index contributed by atoms with van der Waals surface area (Å²) in [6.45, 7) is -0.570. The summed E-state index contributed by atoms with van der Waals surface area (Å²) in [5.41, 5.74) is 4.09. The fourth-order valence-electron chi connectivity index (χ4n) is 2.29. The molecule has 1 saturated heterocycles. The molecule has 114 valence electrons. The number of hydrogen-bond donors (Lipinski definition) is 5. The highest BCUT2D eigenvalue weighted by Crippen LogP contribution is 2.31. The quantitative estimate of drug-likeness (QED) is 0.379. The van der Waals surface area contributed by atoms with Crippen LogP contribution in [-0.2, 0) is 4.74 Å². The topological polar surface area (TPSA) is 160 Å². The van der Waals surface area contributed by atoms with Gasteiger partial charge in [0.25, 0.3) is 11.6 Å². The number of aliphatic hydroxyl groups excluding tert-OH is 3. The van der Waals surface area contributed by atoms with Crippen molar-refractivity contribution in [1.82, 2.24) is 19.5 Å². The highest BCUT2D eigenvalue weighted by atomic mass is 18.2. The highest BCUT2D eigenvalue weighted by Gasteiger charge is 2.45. The molecule has 0 spiro atoms. The van der Waals surface area contributed by atoms with Crippen molar-refractivity contribution in [2.45, 2.75) is 24.5 Å². The molecule has 0 aromatic carbocycles. The Labute approximate surface area is 115 Å². The van der Waals surface area contributed by atoms with Gasteiger partial charge in [-0.2, -0.15) is 14.4 Å². The molecule has 0 saturated carbocycles. The molecule has 1 fully saturated rings. The highest BCUT2D eigenvalue weighted by molar-refractivity contribution is 5.70. The maximum atomic E-state index is 14.0. The average molecular weight is 300 g/mol. The van der Waals surface area contributed by atoms with Gasteiger partial charge in [-0.3, -0.25) is 14.3 Å². The van der Waals surface area contributed by atoms with Gasteiger partial charge >= 0.3 is 0 Å². The number of nitrogens with zero attached hydrogens (tertiary/aromatic N) is 3. The van der Waals surface area contributed by atoms with E-state index in [0.29, 0.717) is 4.57 Å². The van der Waals surface area contributed by atoms with E-state index in [1.54, 1.807) is 0 Å². The van der Waals surface area contributed by atoms with E-state index in [-0.39, 0.29) is 17.1 Å². The van der Waals surface area contributed by atoms with Gasteiger partial charge in [0.05, 0.1) is 6.61 Å². The first-order valence-electron chi connectivity index (χ1n) is 5.99. The summed E-state index contributed by atoms with van der Waals surface area (Å²) >= 11 is 0. The van der Waals surface area contributed by atoms with Crippen LogP contribution in [0.25, 0.3) is 11.2 Å². The van der Waals surface area contributed by atoms with Crippen LogP contribution in [0.3, 0.4) is 0 Å². The minimum Gasteiger partial charge on any atom is -0.394 e. The standard InChI is InChI=1S/C10H12FN5O5/c11-9-13-3-6(14-10(12)15-7(3)20)16(9)8-5(19)4(18)2(1-17)21-8/h2,4-5,8,17-19H,1H2,(H3,12,14,15,20)/i11-1. The normalized spacial score (nSPS) is 29.3. The minimum absolute atomic E-state index is 0.233. The predicted octanol–water partition coefficient (Wildman–Crippen LogP) is -2.55. The summed E-state index contributed by atoms with van der Waals surface area (Å²) in [6, 6.07) is 0. The number of ether oxygens (including phenoxy) is 1. The molecule has 3 heterocycles. The van der Waals surface area contributed by atoms with E-state index in [2.05, 4.69) is 15.0 Å². The Bertz CT molecular complexity index is 745. The van der Waals surface area contributed by atoms with Crippen LogP contribution in [0.5, 0.6) is 0 Å². The van der Waals surface area contributed by atoms with Crippen LogP contribution in [0.1, 0.15) is 6.23 Å². The van der Waals surface area contributed by atoms with Crippen molar-refractivity contribution < 1.29 is 24.4 Å². The van der Waals surface area contributed by atoms with Gasteiger partial charge in [-0.25, -0.2) is 0 Å². The molecule has 0 bridgehead atoms. The molecule has 1 aliphatic heterocycles. The number of imidazole rings is 1. The van der Waals surface area contributed by atoms with Gasteiger partial charge in [-0.05, 0) is 0 Å². The monoisotopic (exact) mass is 300 g/mol. The van der Waals surface area contributed by atoms with E-state index in [1.807, 2.05) is 0 Å². The molecule has 6 N–H and O–H groups in total. The number of hydrogen-bond acceptors (Lipinski definition) is 8. The van der Waals surface area contributed by atoms with Crippen LogP contribution in [0.15, 0.2) is 4.79 Å². The minimum atomic E-state index is -1.53. The molecule has 4 atom stereocenters. The number of nitrogens with two attached hydrogens (primary N) is 1. The van der Waals surface area contributed by atoms with Crippen LogP contribution in [0.2, 0.25) is 0 Å². The summed E-state index contributed by atoms with van der Waals surface area (Å²) in [5.74, 6) is -0.264. The van der Waals surface area contributed by atoms with E-state index < -0.39 is 42.8 Å². The van der Waals surface area contributed by atoms with Gasteiger partial charge in [0, 0.05) is 0 Å². The summed E-state index contributed by atoms with van der Waals surface area (Å²) in [7, 11) is 0. The van der Waals surface area contributed by atoms with Crippen molar-refractivity contribution in [2.24, 2.45) is 0 Å². The number of nitrogens with one attached hydrogen (secondary N) is 1. The van der Waals surface area contributed by atoms with Crippen molar-refractivity contribution in [3.63, 3.8) is 0 Å². The third-order valence-electron chi connectivity index (χ3n) is 3.30. The van der Waals surface area contributed by atoms with E-state index >= 15 is 0 Å². The number of aliphatic hydroxyl groups is 3. The first-order valence-corrected chi connectivity index (χ1v) is 5.99. The molecule has 3 rings (SSSR count). The van der Waals surface area contributed by atoms with Gasteiger partial charge in [0.1, 0.15) is 18.3 Å². The van der Waals surface area contributed by atoms with Gasteiger partial charge < -0.3 is 25.8 Å². The number of aromatic amines is 1. The number of nitrogen functional groups attached to an aromatic ring is 1. The molecule has 0 aliphatic carbocycles. The maximum absolute atomic E-state index is 14.0. The molecular weight excluding hydrogens is 288 g/mol. The molecule has 0 amide bonds. The van der Waals surface area contributed by atoms with Crippen molar-refractivity contribution in [3.8, 4) is 0 Å². The van der Waals surface area contributed by atoms with Crippen LogP contribution >= 0.6 is 0 Å². The number of anilines is 1. The average Bonchev–Trinajstić information content (AvgIpc) is 2.89. The van der Waals surface area contributed by atoms with Crippen LogP contribution in [0.4, 0.5) is 10.3 Å². The predicted molar refractivity (Wildman–Crippen MR) is 65.5 cm³/mol. The number of rotatable bonds is 2. The smallest absolute Gasteiger partial charge is 0.293 e. The lowest BCUT2D eigenvalue weighted by molar-refractivity contribution is -0.0557. The SMILES string of the molecule is Nc1nc2c(nc([18F])n2C2OC(CO)C(O)C2O)c(=O)[nH]1. The first kappa shape index (κ1) is 13.9. The number of halogens is 1. The second-order valence-electron chi connectivity index (χ2n) is 4.60. The second kappa shape index (κ2) is 4.73. The molecule has 21 heavy (non-hydrogen) atoms. The van der Waals surface area contributed by atoms with Crippen molar-refractivity contribution in [2.75, 3.05) is 12.3 Å². The molecule has 11 heteroatoms. The Morgan fingerprint density at radius 2 is 2.10 bits per heavy atom. The molecule has 0 radical (unpaired) electrons. The zero-order valence-corrected chi connectivity index (χ0v) is 10.5. The third-order valence-corrected chi connectivity index (χ3v) is 3.30. The Balaban J connectivity index is 2.17. The lowest BCUT2D eigenvalue weighted by Crippen LogP contribution is -2.33. The Hall–Kier alpha value is -2.08. The van der Waals surface area contributed by atoms with Crippen molar-refractivity contribution in [3.05, 3.63) is 16.4 Å². The van der Waals surface area contributed by atoms with E-state index in [0.717, 1.165) is 0 Å². The van der Waals surface area contributed by atoms with Crippen molar-refractivity contribution >= 4 is 17.1 Å². The van der Waals surface area contributed by atoms with Crippen LogP contribution in [-0.4, -0.2) is 59.8 Å². The zero-order chi connectivity index (χ0) is 15.3. The van der Waals surface area contributed by atoms with E-state index in [1.165, 1.54) is 0 Å². The maximum Gasteiger partial charge on any atom is 0.293 e. The van der Waals surface area contributed by atoms with Gasteiger partial charge in [0.15, 0.2) is 17.4 Å². The molecule has 10 nitrogen and oxygen atoms in total. The first-order chi connectivity index (χ1) is 9.93. The lowest BCUT2D eigenvalue weighted by Gasteiger charge is -2.16. The summed E-state index contributed by atoms with van der Waals surface area (Å²) in [5, 5.41) is 28.6. The van der Waals surface area contributed by atoms with Crippen molar-refractivity contribution in [1.29, 1.82) is 0 Å². The fraction of sp³-hybridized carbons (Fsp3) is 0.500. The van der Waals surface area contributed by atoms with Gasteiger partial charge in [0.2, 0.25) is 5.95 Å². The Morgan fingerprint density at radius 3 is 2.71 bits per heavy atom. The molecular formula is C10H12FN5O5. The summed E-state index contributed by atoms with van der Waals surface area (Å²) < 4.78 is 19.9. The second-order valence-corrected chi connectivity index (χ2v) is 4.60. The summed E-state index contributed by atoms with van der Waals surface area (Å²) in [6.07, 6.45) is -6.58. The number of aromatic nitrogens is 4. The Morgan fingerprint density at radius 1 is 1.38 bits per heavy atom. The van der Waals surface area contributed by atoms with Crippen LogP contribution < -0.4 is 11.3 Å². The Kier molecular flexibility index (Phi) is 3.13. The van der Waals surface area contributed by atoms with Gasteiger partial charge in [-0.1, -0.05) is 0 Å². The molecule has 4 unspecified atom stereocenters. The third kappa shape index (κ3) is 1.98. The van der Waals surface area contributed by atoms with E-state index in [4.69, 9.17) is 15.6 Å². The fourth-order valence-corrected chi connectivity index (χ4v) is 2.29. The number of H-pyrrole nitrogens is 1. The number of fused-ring (bicyclic) bond motifs is 1. The molecule has 2 aromatic rings. The largest absolute Gasteiger partial charge is 0.394 e. The molecule has 1 aliphatic rings. The van der Waals surface area contributed by atoms with E-state index in [9.17, 15) is 19.4 Å².